The average Bonchev–Trinajstić information content (AvgIpc) is 3.25. The number of rotatable bonds is 7. The van der Waals surface area contributed by atoms with E-state index in [0.29, 0.717) is 23.6 Å². The Bertz CT molecular complexity index is 1010. The number of nitrogens with one attached hydrogen (secondary N) is 1. The van der Waals surface area contributed by atoms with Crippen LogP contribution in [0.1, 0.15) is 42.4 Å². The molecule has 2 heterocycles. The summed E-state index contributed by atoms with van der Waals surface area (Å²) in [5, 5.41) is 5.84. The van der Waals surface area contributed by atoms with Crippen LogP contribution in [-0.2, 0) is 9.53 Å². The van der Waals surface area contributed by atoms with Crippen LogP contribution in [0.2, 0.25) is 0 Å². The number of thiophene rings is 1. The maximum atomic E-state index is 13.2. The lowest BCUT2D eigenvalue weighted by molar-refractivity contribution is -0.119. The molecule has 0 saturated carbocycles. The first-order valence-corrected chi connectivity index (χ1v) is 10.1. The molecular weight excluding hydrogens is 376 g/mol. The molecule has 3 rings (SSSR count). The number of aromatic nitrogens is 1. The van der Waals surface area contributed by atoms with Gasteiger partial charge >= 0.3 is 5.97 Å². The Morgan fingerprint density at radius 1 is 1.21 bits per heavy atom. The molecule has 0 aliphatic carbocycles. The minimum atomic E-state index is -0.555. The van der Waals surface area contributed by atoms with Crippen LogP contribution >= 0.6 is 11.3 Å². The fraction of sp³-hybridized carbons (Fsp3) is 0.333. The SMILES string of the molecule is CCOC(=O)c1cc2ccsc2n1[C@H](CC)C(=O)Nc1cc(C)ccc1OC. The van der Waals surface area contributed by atoms with Crippen LogP contribution in [0, 0.1) is 6.92 Å². The molecular formula is C21H24N2O4S. The van der Waals surface area contributed by atoms with E-state index in [9.17, 15) is 9.59 Å². The van der Waals surface area contributed by atoms with Crippen molar-refractivity contribution in [2.45, 2.75) is 33.2 Å². The molecule has 6 nitrogen and oxygen atoms in total. The van der Waals surface area contributed by atoms with E-state index >= 15 is 0 Å². The molecule has 1 N–H and O–H groups in total. The summed E-state index contributed by atoms with van der Waals surface area (Å²) >= 11 is 1.50. The number of aryl methyl sites for hydroxylation is 1. The number of amides is 1. The lowest BCUT2D eigenvalue weighted by Gasteiger charge is -2.21. The summed E-state index contributed by atoms with van der Waals surface area (Å²) in [6.45, 7) is 5.92. The van der Waals surface area contributed by atoms with Crippen LogP contribution < -0.4 is 10.1 Å². The molecule has 2 aromatic heterocycles. The Balaban J connectivity index is 2.00. The summed E-state index contributed by atoms with van der Waals surface area (Å²) in [4.78, 5) is 26.6. The van der Waals surface area contributed by atoms with Crippen molar-refractivity contribution in [3.63, 3.8) is 0 Å². The van der Waals surface area contributed by atoms with Crippen molar-refractivity contribution in [1.29, 1.82) is 0 Å². The van der Waals surface area contributed by atoms with Gasteiger partial charge in [0, 0.05) is 5.39 Å². The van der Waals surface area contributed by atoms with Crippen molar-refractivity contribution in [1.82, 2.24) is 4.57 Å². The number of hydrogen-bond donors (Lipinski definition) is 1. The molecule has 0 aliphatic rings. The van der Waals surface area contributed by atoms with E-state index in [1.54, 1.807) is 24.7 Å². The molecule has 7 heteroatoms. The third-order valence-corrected chi connectivity index (χ3v) is 5.47. The summed E-state index contributed by atoms with van der Waals surface area (Å²) < 4.78 is 12.4. The highest BCUT2D eigenvalue weighted by atomic mass is 32.1. The monoisotopic (exact) mass is 400 g/mol. The van der Waals surface area contributed by atoms with E-state index < -0.39 is 12.0 Å². The maximum Gasteiger partial charge on any atom is 0.355 e. The fourth-order valence-corrected chi connectivity index (χ4v) is 4.18. The molecule has 0 aliphatic heterocycles. The van der Waals surface area contributed by atoms with E-state index in [2.05, 4.69) is 5.32 Å². The van der Waals surface area contributed by atoms with Gasteiger partial charge in [-0.2, -0.15) is 0 Å². The second-order valence-corrected chi connectivity index (χ2v) is 7.31. The fourth-order valence-electron chi connectivity index (χ4n) is 3.24. The number of esters is 1. The summed E-state index contributed by atoms with van der Waals surface area (Å²) in [5.74, 6) is -0.0404. The van der Waals surface area contributed by atoms with E-state index in [1.807, 2.05) is 43.5 Å². The first kappa shape index (κ1) is 19.9. The summed E-state index contributed by atoms with van der Waals surface area (Å²) in [6.07, 6.45) is 0.522. The van der Waals surface area contributed by atoms with Gasteiger partial charge in [-0.3, -0.25) is 4.79 Å². The lowest BCUT2D eigenvalue weighted by atomic mass is 10.1. The van der Waals surface area contributed by atoms with Gasteiger partial charge in [-0.25, -0.2) is 4.79 Å². The number of carbonyl (C=O) groups is 2. The van der Waals surface area contributed by atoms with Crippen LogP contribution in [0.5, 0.6) is 5.75 Å². The molecule has 0 unspecified atom stereocenters. The molecule has 0 spiro atoms. The quantitative estimate of drug-likeness (QED) is 0.579. The Kier molecular flexibility index (Phi) is 6.04. The number of anilines is 1. The number of benzene rings is 1. The predicted molar refractivity (Wildman–Crippen MR) is 111 cm³/mol. The summed E-state index contributed by atoms with van der Waals surface area (Å²) in [5.41, 5.74) is 2.01. The van der Waals surface area contributed by atoms with Gasteiger partial charge in [0.2, 0.25) is 5.91 Å². The van der Waals surface area contributed by atoms with E-state index in [-0.39, 0.29) is 12.5 Å². The predicted octanol–water partition coefficient (Wildman–Crippen LogP) is 4.79. The molecule has 1 aromatic carbocycles. The van der Waals surface area contributed by atoms with Gasteiger partial charge in [-0.15, -0.1) is 11.3 Å². The van der Waals surface area contributed by atoms with Gasteiger partial charge in [0.25, 0.3) is 0 Å². The standard InChI is InChI=1S/C21H24N2O4S/c1-5-16(19(24)22-15-11-13(3)7-8-18(15)26-4)23-17(21(25)27-6-2)12-14-9-10-28-20(14)23/h7-12,16H,5-6H2,1-4H3,(H,22,24)/t16-/m1/s1. The topological polar surface area (TPSA) is 69.6 Å². The van der Waals surface area contributed by atoms with Gasteiger partial charge < -0.3 is 19.4 Å². The second-order valence-electron chi connectivity index (χ2n) is 6.42. The lowest BCUT2D eigenvalue weighted by Crippen LogP contribution is -2.28. The van der Waals surface area contributed by atoms with Crippen LogP contribution in [0.15, 0.2) is 35.7 Å². The Labute approximate surface area is 168 Å². The van der Waals surface area contributed by atoms with Crippen molar-refractivity contribution in [2.75, 3.05) is 19.0 Å². The summed E-state index contributed by atoms with van der Waals surface area (Å²) in [6, 6.07) is 8.78. The third-order valence-electron chi connectivity index (χ3n) is 4.54. The average molecular weight is 401 g/mol. The normalized spacial score (nSPS) is 12.0. The number of fused-ring (bicyclic) bond motifs is 1. The summed E-state index contributed by atoms with van der Waals surface area (Å²) in [7, 11) is 1.57. The zero-order valence-electron chi connectivity index (χ0n) is 16.4. The second kappa shape index (κ2) is 8.48. The minimum Gasteiger partial charge on any atom is -0.495 e. The molecule has 0 bridgehead atoms. The van der Waals surface area contributed by atoms with Gasteiger partial charge in [0.1, 0.15) is 22.3 Å². The highest BCUT2D eigenvalue weighted by Gasteiger charge is 2.27. The number of methoxy groups -OCH3 is 1. The van der Waals surface area contributed by atoms with Crippen molar-refractivity contribution in [3.05, 3.63) is 47.0 Å². The third kappa shape index (κ3) is 3.75. The molecule has 3 aromatic rings. The molecule has 0 fully saturated rings. The van der Waals surface area contributed by atoms with Crippen molar-refractivity contribution in [3.8, 4) is 5.75 Å². The minimum absolute atomic E-state index is 0.206. The van der Waals surface area contributed by atoms with Crippen molar-refractivity contribution < 1.29 is 19.1 Å². The molecule has 148 valence electrons. The van der Waals surface area contributed by atoms with E-state index in [4.69, 9.17) is 9.47 Å². The molecule has 1 atom stereocenters. The highest BCUT2D eigenvalue weighted by molar-refractivity contribution is 7.16. The molecule has 28 heavy (non-hydrogen) atoms. The largest absolute Gasteiger partial charge is 0.495 e. The van der Waals surface area contributed by atoms with Crippen molar-refractivity contribution >= 4 is 39.1 Å². The molecule has 1 amide bonds. The van der Waals surface area contributed by atoms with Gasteiger partial charge in [-0.05, 0) is 55.5 Å². The number of hydrogen-bond acceptors (Lipinski definition) is 5. The zero-order chi connectivity index (χ0) is 20.3. The van der Waals surface area contributed by atoms with Gasteiger partial charge in [0.15, 0.2) is 0 Å². The smallest absolute Gasteiger partial charge is 0.355 e. The van der Waals surface area contributed by atoms with Crippen molar-refractivity contribution in [2.24, 2.45) is 0 Å². The van der Waals surface area contributed by atoms with Crippen LogP contribution in [0.4, 0.5) is 5.69 Å². The Morgan fingerprint density at radius 2 is 2.00 bits per heavy atom. The molecule has 0 saturated heterocycles. The molecule has 0 radical (unpaired) electrons. The van der Waals surface area contributed by atoms with Crippen LogP contribution in [-0.4, -0.2) is 30.2 Å². The first-order valence-electron chi connectivity index (χ1n) is 9.21. The Morgan fingerprint density at radius 3 is 2.68 bits per heavy atom. The van der Waals surface area contributed by atoms with Gasteiger partial charge in [-0.1, -0.05) is 13.0 Å². The number of ether oxygens (including phenoxy) is 2. The highest BCUT2D eigenvalue weighted by Crippen LogP contribution is 2.32. The first-order chi connectivity index (χ1) is 13.5. The van der Waals surface area contributed by atoms with E-state index in [0.717, 1.165) is 15.8 Å². The van der Waals surface area contributed by atoms with Gasteiger partial charge in [0.05, 0.1) is 19.4 Å². The number of carbonyl (C=O) groups excluding carboxylic acids is 2. The zero-order valence-corrected chi connectivity index (χ0v) is 17.3. The Hall–Kier alpha value is -2.80. The number of nitrogens with zero attached hydrogens (tertiary/aromatic N) is 1. The van der Waals surface area contributed by atoms with Crippen LogP contribution in [0.25, 0.3) is 10.2 Å². The van der Waals surface area contributed by atoms with E-state index in [1.165, 1.54) is 11.3 Å². The van der Waals surface area contributed by atoms with Crippen LogP contribution in [0.3, 0.4) is 0 Å². The maximum absolute atomic E-state index is 13.2.